The maximum absolute atomic E-state index is 12.5. The second-order valence-corrected chi connectivity index (χ2v) is 5.05. The first-order valence-corrected chi connectivity index (χ1v) is 6.63. The third-order valence-electron chi connectivity index (χ3n) is 3.29. The second-order valence-electron chi connectivity index (χ2n) is 4.65. The van der Waals surface area contributed by atoms with Crippen LogP contribution in [0.2, 0.25) is 5.02 Å². The van der Waals surface area contributed by atoms with Crippen LogP contribution in [0.1, 0.15) is 11.1 Å². The maximum atomic E-state index is 12.5. The molecule has 0 aliphatic carbocycles. The van der Waals surface area contributed by atoms with Crippen molar-refractivity contribution in [3.8, 4) is 0 Å². The Hall–Kier alpha value is -0.780. The van der Waals surface area contributed by atoms with Crippen LogP contribution in [0.25, 0.3) is 0 Å². The van der Waals surface area contributed by atoms with Gasteiger partial charge in [0.05, 0.1) is 5.56 Å². The highest BCUT2D eigenvalue weighted by Gasteiger charge is 2.30. The minimum Gasteiger partial charge on any atom is -0.314 e. The van der Waals surface area contributed by atoms with Gasteiger partial charge in [-0.3, -0.25) is 0 Å². The van der Waals surface area contributed by atoms with Gasteiger partial charge >= 0.3 is 6.18 Å². The lowest BCUT2D eigenvalue weighted by molar-refractivity contribution is -0.137. The van der Waals surface area contributed by atoms with Crippen molar-refractivity contribution in [2.24, 2.45) is 0 Å². The number of benzene rings is 1. The van der Waals surface area contributed by atoms with E-state index < -0.39 is 11.7 Å². The first-order valence-electron chi connectivity index (χ1n) is 6.25. The number of rotatable bonds is 3. The molecule has 1 aromatic carbocycles. The van der Waals surface area contributed by atoms with Crippen LogP contribution in [-0.2, 0) is 12.6 Å². The highest BCUT2D eigenvalue weighted by molar-refractivity contribution is 6.31. The van der Waals surface area contributed by atoms with Gasteiger partial charge in [-0.15, -0.1) is 0 Å². The van der Waals surface area contributed by atoms with Gasteiger partial charge in [-0.1, -0.05) is 17.7 Å². The molecule has 1 heterocycles. The van der Waals surface area contributed by atoms with Gasteiger partial charge in [0, 0.05) is 37.7 Å². The van der Waals surface area contributed by atoms with E-state index in [4.69, 9.17) is 11.6 Å². The number of nitrogens with zero attached hydrogens (tertiary/aromatic N) is 1. The highest BCUT2D eigenvalue weighted by Crippen LogP contribution is 2.32. The SMILES string of the molecule is FC(F)(F)c1ccc(CCN2CCNCC2)c(Cl)c1. The molecule has 2 rings (SSSR count). The smallest absolute Gasteiger partial charge is 0.314 e. The van der Waals surface area contributed by atoms with Crippen LogP contribution in [0.3, 0.4) is 0 Å². The summed E-state index contributed by atoms with van der Waals surface area (Å²) < 4.78 is 37.5. The number of hydrogen-bond acceptors (Lipinski definition) is 2. The van der Waals surface area contributed by atoms with Crippen molar-refractivity contribution in [1.29, 1.82) is 0 Å². The molecular weight excluding hydrogens is 277 g/mol. The lowest BCUT2D eigenvalue weighted by Gasteiger charge is -2.27. The van der Waals surface area contributed by atoms with Gasteiger partial charge in [-0.25, -0.2) is 0 Å². The van der Waals surface area contributed by atoms with Crippen LogP contribution < -0.4 is 5.32 Å². The predicted molar refractivity (Wildman–Crippen MR) is 69.5 cm³/mol. The molecule has 6 heteroatoms. The lowest BCUT2D eigenvalue weighted by Crippen LogP contribution is -2.44. The van der Waals surface area contributed by atoms with Crippen molar-refractivity contribution in [2.75, 3.05) is 32.7 Å². The molecule has 0 bridgehead atoms. The molecule has 1 aliphatic rings. The summed E-state index contributed by atoms with van der Waals surface area (Å²) in [5.74, 6) is 0. The summed E-state index contributed by atoms with van der Waals surface area (Å²) in [6.07, 6.45) is -3.66. The van der Waals surface area contributed by atoms with Gasteiger partial charge in [0.25, 0.3) is 0 Å². The molecule has 0 amide bonds. The molecule has 106 valence electrons. The van der Waals surface area contributed by atoms with E-state index in [9.17, 15) is 13.2 Å². The Bertz CT molecular complexity index is 428. The van der Waals surface area contributed by atoms with Gasteiger partial charge in [-0.2, -0.15) is 13.2 Å². The molecule has 0 atom stereocenters. The molecule has 1 fully saturated rings. The summed E-state index contributed by atoms with van der Waals surface area (Å²) in [4.78, 5) is 2.28. The molecule has 0 aromatic heterocycles. The van der Waals surface area contributed by atoms with E-state index in [1.165, 1.54) is 6.07 Å². The molecular formula is C13H16ClF3N2. The summed E-state index contributed by atoms with van der Waals surface area (Å²) in [5, 5.41) is 3.45. The number of nitrogens with one attached hydrogen (secondary N) is 1. The number of halogens is 4. The average Bonchev–Trinajstić information content (AvgIpc) is 2.37. The fourth-order valence-electron chi connectivity index (χ4n) is 2.14. The predicted octanol–water partition coefficient (Wildman–Crippen LogP) is 2.81. The largest absolute Gasteiger partial charge is 0.416 e. The van der Waals surface area contributed by atoms with Crippen LogP contribution in [-0.4, -0.2) is 37.6 Å². The van der Waals surface area contributed by atoms with Crippen molar-refractivity contribution in [1.82, 2.24) is 10.2 Å². The summed E-state index contributed by atoms with van der Waals surface area (Å²) >= 11 is 5.92. The second kappa shape index (κ2) is 6.11. The third-order valence-corrected chi connectivity index (χ3v) is 3.64. The zero-order chi connectivity index (χ0) is 13.9. The first-order chi connectivity index (χ1) is 8.97. The van der Waals surface area contributed by atoms with Gasteiger partial charge in [0.2, 0.25) is 0 Å². The maximum Gasteiger partial charge on any atom is 0.416 e. The molecule has 1 saturated heterocycles. The van der Waals surface area contributed by atoms with Crippen LogP contribution in [0.15, 0.2) is 18.2 Å². The normalized spacial score (nSPS) is 17.7. The van der Waals surface area contributed by atoms with Crippen molar-refractivity contribution in [3.05, 3.63) is 34.3 Å². The topological polar surface area (TPSA) is 15.3 Å². The fourth-order valence-corrected chi connectivity index (χ4v) is 2.41. The number of alkyl halides is 3. The monoisotopic (exact) mass is 292 g/mol. The van der Waals surface area contributed by atoms with E-state index in [2.05, 4.69) is 10.2 Å². The van der Waals surface area contributed by atoms with Crippen molar-refractivity contribution >= 4 is 11.6 Å². The lowest BCUT2D eigenvalue weighted by atomic mass is 10.1. The minimum absolute atomic E-state index is 0.199. The van der Waals surface area contributed by atoms with Gasteiger partial charge in [0.1, 0.15) is 0 Å². The van der Waals surface area contributed by atoms with Gasteiger partial charge < -0.3 is 10.2 Å². The van der Waals surface area contributed by atoms with Crippen molar-refractivity contribution < 1.29 is 13.2 Å². The molecule has 0 unspecified atom stereocenters. The number of hydrogen-bond donors (Lipinski definition) is 1. The molecule has 0 spiro atoms. The first kappa shape index (κ1) is 14.6. The Labute approximate surface area is 115 Å². The van der Waals surface area contributed by atoms with Crippen LogP contribution in [0.4, 0.5) is 13.2 Å². The molecule has 1 N–H and O–H groups in total. The molecule has 1 aliphatic heterocycles. The van der Waals surface area contributed by atoms with Crippen LogP contribution in [0.5, 0.6) is 0 Å². The summed E-state index contributed by atoms with van der Waals surface area (Å²) in [5.41, 5.74) is 0.0802. The van der Waals surface area contributed by atoms with Crippen molar-refractivity contribution in [3.63, 3.8) is 0 Å². The minimum atomic E-state index is -4.33. The zero-order valence-corrected chi connectivity index (χ0v) is 11.2. The van der Waals surface area contributed by atoms with Crippen LogP contribution >= 0.6 is 11.6 Å². The summed E-state index contributed by atoms with van der Waals surface area (Å²) in [7, 11) is 0. The number of piperazine rings is 1. The van der Waals surface area contributed by atoms with Crippen LogP contribution in [0, 0.1) is 0 Å². The van der Waals surface area contributed by atoms with E-state index in [1.807, 2.05) is 0 Å². The molecule has 1 aromatic rings. The zero-order valence-electron chi connectivity index (χ0n) is 10.4. The van der Waals surface area contributed by atoms with E-state index in [1.54, 1.807) is 0 Å². The van der Waals surface area contributed by atoms with E-state index in [0.717, 1.165) is 50.4 Å². The molecule has 0 saturated carbocycles. The van der Waals surface area contributed by atoms with Gasteiger partial charge in [0.15, 0.2) is 0 Å². The quantitative estimate of drug-likeness (QED) is 0.921. The third kappa shape index (κ3) is 4.09. The Kier molecular flexibility index (Phi) is 4.71. The summed E-state index contributed by atoms with van der Waals surface area (Å²) in [6.45, 7) is 4.69. The Balaban J connectivity index is 1.97. The Morgan fingerprint density at radius 2 is 1.89 bits per heavy atom. The Morgan fingerprint density at radius 3 is 2.47 bits per heavy atom. The van der Waals surface area contributed by atoms with Crippen molar-refractivity contribution in [2.45, 2.75) is 12.6 Å². The van der Waals surface area contributed by atoms with E-state index in [0.29, 0.717) is 6.42 Å². The van der Waals surface area contributed by atoms with Gasteiger partial charge in [-0.05, 0) is 24.1 Å². The van der Waals surface area contributed by atoms with E-state index >= 15 is 0 Å². The highest BCUT2D eigenvalue weighted by atomic mass is 35.5. The molecule has 2 nitrogen and oxygen atoms in total. The fraction of sp³-hybridized carbons (Fsp3) is 0.538. The molecule has 19 heavy (non-hydrogen) atoms. The summed E-state index contributed by atoms with van der Waals surface area (Å²) in [6, 6.07) is 3.58. The standard InChI is InChI=1S/C13H16ClF3N2/c14-12-9-11(13(15,16)17)2-1-10(12)3-6-19-7-4-18-5-8-19/h1-2,9,18H,3-8H2. The average molecular weight is 293 g/mol. The molecule has 0 radical (unpaired) electrons. The van der Waals surface area contributed by atoms with E-state index in [-0.39, 0.29) is 5.02 Å². The Morgan fingerprint density at radius 1 is 1.21 bits per heavy atom.